The smallest absolute Gasteiger partial charge is 0.405 e. The van der Waals surface area contributed by atoms with Gasteiger partial charge in [-0.25, -0.2) is 9.78 Å². The molecule has 0 atom stereocenters. The molecule has 4 nitrogen and oxygen atoms in total. The van der Waals surface area contributed by atoms with Crippen molar-refractivity contribution < 1.29 is 22.3 Å². The van der Waals surface area contributed by atoms with Crippen molar-refractivity contribution in [2.75, 3.05) is 7.11 Å². The number of halogens is 3. The van der Waals surface area contributed by atoms with E-state index in [1.165, 1.54) is 13.2 Å². The van der Waals surface area contributed by atoms with Gasteiger partial charge >= 0.3 is 11.8 Å². The Labute approximate surface area is 99.0 Å². The van der Waals surface area contributed by atoms with E-state index in [-0.39, 0.29) is 17.9 Å². The Morgan fingerprint density at radius 3 is 2.72 bits per heavy atom. The van der Waals surface area contributed by atoms with Crippen molar-refractivity contribution in [1.82, 2.24) is 4.98 Å². The second-order valence-electron chi connectivity index (χ2n) is 3.53. The third kappa shape index (κ3) is 2.21. The molecule has 1 heterocycles. The molecule has 0 aliphatic rings. The van der Waals surface area contributed by atoms with Crippen molar-refractivity contribution in [2.45, 2.75) is 12.8 Å². The van der Waals surface area contributed by atoms with Gasteiger partial charge in [0.1, 0.15) is 6.61 Å². The largest absolute Gasteiger partial charge is 0.418 e. The standard InChI is InChI=1S/C11H8F3NO3/c1-17-5-8-15-9-6(10(16)18-8)3-2-4-7(9)11(12,13)14/h2-4H,5H2,1H3. The first-order chi connectivity index (χ1) is 8.43. The lowest BCUT2D eigenvalue weighted by atomic mass is 10.1. The predicted molar refractivity (Wildman–Crippen MR) is 56.0 cm³/mol. The summed E-state index contributed by atoms with van der Waals surface area (Å²) in [4.78, 5) is 15.2. The van der Waals surface area contributed by atoms with E-state index in [1.807, 2.05) is 0 Å². The van der Waals surface area contributed by atoms with Crippen LogP contribution in [0.15, 0.2) is 27.4 Å². The van der Waals surface area contributed by atoms with Crippen molar-refractivity contribution in [1.29, 1.82) is 0 Å². The zero-order chi connectivity index (χ0) is 13.3. The van der Waals surface area contributed by atoms with Gasteiger partial charge in [0.05, 0.1) is 16.5 Å². The van der Waals surface area contributed by atoms with Gasteiger partial charge in [-0.2, -0.15) is 13.2 Å². The Balaban J connectivity index is 2.78. The van der Waals surface area contributed by atoms with E-state index < -0.39 is 22.9 Å². The summed E-state index contributed by atoms with van der Waals surface area (Å²) in [6.45, 7) is -0.169. The Kier molecular flexibility index (Phi) is 3.08. The van der Waals surface area contributed by atoms with Crippen LogP contribution in [0, 0.1) is 0 Å². The average molecular weight is 259 g/mol. The van der Waals surface area contributed by atoms with Gasteiger partial charge in [-0.3, -0.25) is 0 Å². The number of para-hydroxylation sites is 1. The molecule has 0 unspecified atom stereocenters. The molecule has 0 radical (unpaired) electrons. The lowest BCUT2D eigenvalue weighted by molar-refractivity contribution is -0.136. The molecule has 0 amide bonds. The van der Waals surface area contributed by atoms with Crippen LogP contribution in [0.1, 0.15) is 11.5 Å². The van der Waals surface area contributed by atoms with Crippen LogP contribution in [-0.2, 0) is 17.5 Å². The molecule has 0 aliphatic carbocycles. The van der Waals surface area contributed by atoms with Gasteiger partial charge in [0.15, 0.2) is 0 Å². The highest BCUT2D eigenvalue weighted by molar-refractivity contribution is 5.80. The molecule has 0 aliphatic heterocycles. The summed E-state index contributed by atoms with van der Waals surface area (Å²) in [5, 5.41) is -0.204. The summed E-state index contributed by atoms with van der Waals surface area (Å²) < 4.78 is 47.7. The summed E-state index contributed by atoms with van der Waals surface area (Å²) in [6.07, 6.45) is -4.58. The third-order valence-electron chi connectivity index (χ3n) is 2.28. The average Bonchev–Trinajstić information content (AvgIpc) is 2.27. The summed E-state index contributed by atoms with van der Waals surface area (Å²) in [7, 11) is 1.32. The van der Waals surface area contributed by atoms with E-state index in [0.29, 0.717) is 0 Å². The lowest BCUT2D eigenvalue weighted by Crippen LogP contribution is -2.12. The summed E-state index contributed by atoms with van der Waals surface area (Å²) in [6, 6.07) is 3.24. The van der Waals surface area contributed by atoms with Crippen molar-refractivity contribution >= 4 is 10.9 Å². The van der Waals surface area contributed by atoms with E-state index in [1.54, 1.807) is 0 Å². The van der Waals surface area contributed by atoms with Crippen LogP contribution >= 0.6 is 0 Å². The minimum atomic E-state index is -4.58. The molecular weight excluding hydrogens is 251 g/mol. The highest BCUT2D eigenvalue weighted by atomic mass is 19.4. The van der Waals surface area contributed by atoms with E-state index >= 15 is 0 Å². The normalized spacial score (nSPS) is 12.0. The minimum absolute atomic E-state index is 0.169. The first-order valence-electron chi connectivity index (χ1n) is 4.92. The number of fused-ring (bicyclic) bond motifs is 1. The van der Waals surface area contributed by atoms with Gasteiger partial charge in [-0.1, -0.05) is 6.07 Å². The van der Waals surface area contributed by atoms with Crippen LogP contribution in [-0.4, -0.2) is 12.1 Å². The molecule has 0 N–H and O–H groups in total. The number of hydrogen-bond acceptors (Lipinski definition) is 4. The minimum Gasteiger partial charge on any atom is -0.405 e. The number of ether oxygens (including phenoxy) is 1. The molecule has 1 aromatic carbocycles. The number of aromatic nitrogens is 1. The maximum atomic E-state index is 12.8. The number of nitrogens with zero attached hydrogens (tertiary/aromatic N) is 1. The Morgan fingerprint density at radius 2 is 2.11 bits per heavy atom. The van der Waals surface area contributed by atoms with Crippen molar-refractivity contribution in [3.8, 4) is 0 Å². The van der Waals surface area contributed by atoms with Gasteiger partial charge in [0.25, 0.3) is 0 Å². The number of hydrogen-bond donors (Lipinski definition) is 0. The quantitative estimate of drug-likeness (QED) is 0.830. The van der Waals surface area contributed by atoms with Crippen molar-refractivity contribution in [3.05, 3.63) is 40.1 Å². The number of alkyl halides is 3. The highest BCUT2D eigenvalue weighted by Gasteiger charge is 2.33. The van der Waals surface area contributed by atoms with E-state index in [4.69, 9.17) is 4.42 Å². The Morgan fingerprint density at radius 1 is 1.39 bits per heavy atom. The topological polar surface area (TPSA) is 52.3 Å². The Hall–Kier alpha value is -1.89. The summed E-state index contributed by atoms with van der Waals surface area (Å²) in [5.41, 5.74) is -2.25. The number of rotatable bonds is 2. The summed E-state index contributed by atoms with van der Waals surface area (Å²) >= 11 is 0. The van der Waals surface area contributed by atoms with Crippen LogP contribution in [0.4, 0.5) is 13.2 Å². The zero-order valence-corrected chi connectivity index (χ0v) is 9.25. The molecule has 0 saturated heterocycles. The maximum absolute atomic E-state index is 12.8. The van der Waals surface area contributed by atoms with Crippen LogP contribution < -0.4 is 5.63 Å². The Bertz CT molecular complexity index is 633. The highest BCUT2D eigenvalue weighted by Crippen LogP contribution is 2.33. The lowest BCUT2D eigenvalue weighted by Gasteiger charge is -2.09. The molecule has 0 fully saturated rings. The molecule has 7 heteroatoms. The van der Waals surface area contributed by atoms with Crippen molar-refractivity contribution in [2.24, 2.45) is 0 Å². The van der Waals surface area contributed by atoms with Crippen LogP contribution in [0.5, 0.6) is 0 Å². The van der Waals surface area contributed by atoms with E-state index in [0.717, 1.165) is 12.1 Å². The van der Waals surface area contributed by atoms with Gasteiger partial charge in [-0.05, 0) is 12.1 Å². The number of benzene rings is 1. The monoisotopic (exact) mass is 259 g/mol. The molecule has 0 bridgehead atoms. The first-order valence-corrected chi connectivity index (χ1v) is 4.92. The molecule has 18 heavy (non-hydrogen) atoms. The molecule has 2 aromatic rings. The second kappa shape index (κ2) is 4.41. The third-order valence-corrected chi connectivity index (χ3v) is 2.28. The fraction of sp³-hybridized carbons (Fsp3) is 0.273. The van der Waals surface area contributed by atoms with E-state index in [2.05, 4.69) is 9.72 Å². The predicted octanol–water partition coefficient (Wildman–Crippen LogP) is 2.35. The van der Waals surface area contributed by atoms with Crippen LogP contribution in [0.2, 0.25) is 0 Å². The zero-order valence-electron chi connectivity index (χ0n) is 9.25. The molecule has 96 valence electrons. The van der Waals surface area contributed by atoms with Crippen LogP contribution in [0.25, 0.3) is 10.9 Å². The summed E-state index contributed by atoms with van der Waals surface area (Å²) in [5.74, 6) is -0.188. The molecule has 0 saturated carbocycles. The SMILES string of the molecule is COCc1nc2c(C(F)(F)F)cccc2c(=O)o1. The van der Waals surface area contributed by atoms with Gasteiger partial charge < -0.3 is 9.15 Å². The van der Waals surface area contributed by atoms with Gasteiger partial charge in [0.2, 0.25) is 5.89 Å². The molecule has 0 spiro atoms. The first kappa shape index (κ1) is 12.6. The second-order valence-corrected chi connectivity index (χ2v) is 3.53. The number of methoxy groups -OCH3 is 1. The molecule has 2 rings (SSSR count). The molecular formula is C11H8F3NO3. The van der Waals surface area contributed by atoms with Crippen molar-refractivity contribution in [3.63, 3.8) is 0 Å². The maximum Gasteiger partial charge on any atom is 0.418 e. The van der Waals surface area contributed by atoms with Gasteiger partial charge in [-0.15, -0.1) is 0 Å². The fourth-order valence-electron chi connectivity index (χ4n) is 1.55. The molecule has 1 aromatic heterocycles. The van der Waals surface area contributed by atoms with E-state index in [9.17, 15) is 18.0 Å². The van der Waals surface area contributed by atoms with Crippen LogP contribution in [0.3, 0.4) is 0 Å². The fourth-order valence-corrected chi connectivity index (χ4v) is 1.55. The van der Waals surface area contributed by atoms with Gasteiger partial charge in [0, 0.05) is 7.11 Å².